The summed E-state index contributed by atoms with van der Waals surface area (Å²) in [6, 6.07) is 4.19. The van der Waals surface area contributed by atoms with Crippen molar-refractivity contribution in [2.45, 2.75) is 13.3 Å². The van der Waals surface area contributed by atoms with Gasteiger partial charge in [-0.25, -0.2) is 12.7 Å². The van der Waals surface area contributed by atoms with E-state index >= 15 is 0 Å². The first kappa shape index (κ1) is 20.5. The lowest BCUT2D eigenvalue weighted by Crippen LogP contribution is -2.41. The Hall–Kier alpha value is -0.770. The van der Waals surface area contributed by atoms with Gasteiger partial charge in [0, 0.05) is 49.6 Å². The van der Waals surface area contributed by atoms with Gasteiger partial charge in [-0.15, -0.1) is 11.3 Å². The van der Waals surface area contributed by atoms with Gasteiger partial charge in [-0.1, -0.05) is 6.07 Å². The minimum Gasteiger partial charge on any atom is -0.357 e. The van der Waals surface area contributed by atoms with Crippen LogP contribution in [0.4, 0.5) is 0 Å². The number of likely N-dealkylation sites (N-methyl/N-ethyl adjacent to an activating group) is 1. The Kier molecular flexibility index (Phi) is 8.54. The Bertz CT molecular complexity index is 626. The Morgan fingerprint density at radius 2 is 2.16 bits per heavy atom. The molecule has 0 atom stereocenters. The van der Waals surface area contributed by atoms with Crippen LogP contribution in [0.5, 0.6) is 0 Å². The van der Waals surface area contributed by atoms with Crippen LogP contribution in [0.1, 0.15) is 11.8 Å². The van der Waals surface area contributed by atoms with Crippen molar-refractivity contribution in [3.63, 3.8) is 0 Å². The van der Waals surface area contributed by atoms with E-state index < -0.39 is 10.0 Å². The zero-order valence-corrected chi connectivity index (χ0v) is 17.4. The summed E-state index contributed by atoms with van der Waals surface area (Å²) in [7, 11) is -1.21. The summed E-state index contributed by atoms with van der Waals surface area (Å²) in [5.41, 5.74) is 0. The highest BCUT2D eigenvalue weighted by Gasteiger charge is 2.23. The molecule has 1 saturated heterocycles. The lowest BCUT2D eigenvalue weighted by molar-refractivity contribution is 0.443. The van der Waals surface area contributed by atoms with E-state index in [0.29, 0.717) is 13.1 Å². The van der Waals surface area contributed by atoms with Crippen LogP contribution in [-0.4, -0.2) is 80.6 Å². The van der Waals surface area contributed by atoms with E-state index in [1.54, 1.807) is 15.6 Å². The van der Waals surface area contributed by atoms with Gasteiger partial charge >= 0.3 is 0 Å². The van der Waals surface area contributed by atoms with Gasteiger partial charge in [-0.2, -0.15) is 11.8 Å². The summed E-state index contributed by atoms with van der Waals surface area (Å²) in [6.45, 7) is 5.16. The van der Waals surface area contributed by atoms with E-state index in [4.69, 9.17) is 0 Å². The third kappa shape index (κ3) is 6.80. The molecule has 1 aromatic heterocycles. The van der Waals surface area contributed by atoms with Gasteiger partial charge in [0.1, 0.15) is 0 Å². The maximum atomic E-state index is 12.4. The molecule has 0 aromatic carbocycles. The number of aliphatic imine (C=N–C) groups is 1. The van der Waals surface area contributed by atoms with Crippen molar-refractivity contribution >= 4 is 39.1 Å². The quantitative estimate of drug-likeness (QED) is 0.526. The van der Waals surface area contributed by atoms with Crippen molar-refractivity contribution in [3.8, 4) is 0 Å². The Labute approximate surface area is 159 Å². The van der Waals surface area contributed by atoms with Crippen LogP contribution < -0.4 is 5.32 Å². The number of nitrogens with zero attached hydrogens (tertiary/aromatic N) is 3. The summed E-state index contributed by atoms with van der Waals surface area (Å²) >= 11 is 3.56. The summed E-state index contributed by atoms with van der Waals surface area (Å²) in [5, 5.41) is 5.33. The zero-order chi connectivity index (χ0) is 18.1. The van der Waals surface area contributed by atoms with Crippen molar-refractivity contribution < 1.29 is 8.42 Å². The van der Waals surface area contributed by atoms with E-state index in [1.165, 1.54) is 4.88 Å². The number of hydrogen-bond donors (Lipinski definition) is 1. The molecule has 1 aliphatic heterocycles. The highest BCUT2D eigenvalue weighted by Crippen LogP contribution is 2.13. The average molecular weight is 405 g/mol. The largest absolute Gasteiger partial charge is 0.357 e. The van der Waals surface area contributed by atoms with Gasteiger partial charge in [-0.05, 0) is 24.8 Å². The number of sulfonamides is 1. The van der Waals surface area contributed by atoms with Gasteiger partial charge in [0.25, 0.3) is 0 Å². The van der Waals surface area contributed by atoms with Crippen LogP contribution in [0.2, 0.25) is 0 Å². The molecule has 0 aliphatic carbocycles. The molecular weight excluding hydrogens is 376 g/mol. The maximum Gasteiger partial charge on any atom is 0.215 e. The van der Waals surface area contributed by atoms with Gasteiger partial charge in [0.15, 0.2) is 5.96 Å². The minimum atomic E-state index is -3.20. The standard InChI is InChI=1S/C16H28N4O2S3/c1-3-17-16(19(2)8-6-15-5-4-11-24-15)18-7-14-25(21,22)20-9-12-23-13-10-20/h4-5,11H,3,6-10,12-14H2,1-2H3,(H,17,18). The van der Waals surface area contributed by atoms with Gasteiger partial charge in [-0.3, -0.25) is 4.99 Å². The van der Waals surface area contributed by atoms with Crippen molar-refractivity contribution in [1.82, 2.24) is 14.5 Å². The van der Waals surface area contributed by atoms with Crippen LogP contribution in [-0.2, 0) is 16.4 Å². The molecule has 1 aliphatic rings. The Morgan fingerprint density at radius 1 is 1.40 bits per heavy atom. The molecule has 0 radical (unpaired) electrons. The second-order valence-corrected chi connectivity index (χ2v) is 10.2. The number of thioether (sulfide) groups is 1. The molecule has 142 valence electrons. The van der Waals surface area contributed by atoms with Gasteiger partial charge in [0.2, 0.25) is 10.0 Å². The Morgan fingerprint density at radius 3 is 2.80 bits per heavy atom. The SMILES string of the molecule is CCNC(=NCCS(=O)(=O)N1CCSCC1)N(C)CCc1cccs1. The number of nitrogens with one attached hydrogen (secondary N) is 1. The van der Waals surface area contributed by atoms with Gasteiger partial charge in [0.05, 0.1) is 12.3 Å². The van der Waals surface area contributed by atoms with E-state index in [0.717, 1.165) is 37.0 Å². The predicted octanol–water partition coefficient (Wildman–Crippen LogP) is 1.57. The van der Waals surface area contributed by atoms with E-state index in [2.05, 4.69) is 32.7 Å². The summed E-state index contributed by atoms with van der Waals surface area (Å²) in [5.74, 6) is 2.61. The number of rotatable bonds is 8. The van der Waals surface area contributed by atoms with Crippen molar-refractivity contribution in [1.29, 1.82) is 0 Å². The summed E-state index contributed by atoms with van der Waals surface area (Å²) in [4.78, 5) is 7.92. The third-order valence-electron chi connectivity index (χ3n) is 3.94. The topological polar surface area (TPSA) is 65.0 Å². The molecule has 2 heterocycles. The highest BCUT2D eigenvalue weighted by atomic mass is 32.2. The van der Waals surface area contributed by atoms with Crippen LogP contribution in [0.15, 0.2) is 22.5 Å². The fourth-order valence-corrected chi connectivity index (χ4v) is 5.68. The lowest BCUT2D eigenvalue weighted by Gasteiger charge is -2.25. The summed E-state index contributed by atoms with van der Waals surface area (Å²) < 4.78 is 26.4. The van der Waals surface area contributed by atoms with Crippen molar-refractivity contribution in [2.24, 2.45) is 4.99 Å². The molecule has 9 heteroatoms. The van der Waals surface area contributed by atoms with E-state index in [-0.39, 0.29) is 12.3 Å². The van der Waals surface area contributed by atoms with Gasteiger partial charge < -0.3 is 10.2 Å². The maximum absolute atomic E-state index is 12.4. The second kappa shape index (κ2) is 10.4. The van der Waals surface area contributed by atoms with Crippen LogP contribution in [0.3, 0.4) is 0 Å². The second-order valence-electron chi connectivity index (χ2n) is 5.81. The normalized spacial score (nSPS) is 16.8. The minimum absolute atomic E-state index is 0.0747. The van der Waals surface area contributed by atoms with Crippen LogP contribution in [0, 0.1) is 0 Å². The molecule has 1 N–H and O–H groups in total. The third-order valence-corrected chi connectivity index (χ3v) is 7.67. The Balaban J connectivity index is 1.87. The van der Waals surface area contributed by atoms with Crippen LogP contribution >= 0.6 is 23.1 Å². The van der Waals surface area contributed by atoms with Crippen molar-refractivity contribution in [3.05, 3.63) is 22.4 Å². The molecule has 2 rings (SSSR count). The van der Waals surface area contributed by atoms with Crippen molar-refractivity contribution in [2.75, 3.05) is 57.0 Å². The molecule has 0 amide bonds. The smallest absolute Gasteiger partial charge is 0.215 e. The molecule has 0 saturated carbocycles. The number of thiophene rings is 1. The summed E-state index contributed by atoms with van der Waals surface area (Å²) in [6.07, 6.45) is 0.961. The zero-order valence-electron chi connectivity index (χ0n) is 15.0. The average Bonchev–Trinajstić information content (AvgIpc) is 3.13. The van der Waals surface area contributed by atoms with E-state index in [1.807, 2.05) is 25.7 Å². The lowest BCUT2D eigenvalue weighted by atomic mass is 10.3. The molecule has 6 nitrogen and oxygen atoms in total. The molecule has 0 bridgehead atoms. The molecule has 0 spiro atoms. The highest BCUT2D eigenvalue weighted by molar-refractivity contribution is 7.99. The first-order valence-electron chi connectivity index (χ1n) is 8.60. The molecule has 0 unspecified atom stereocenters. The monoisotopic (exact) mass is 404 g/mol. The van der Waals surface area contributed by atoms with Crippen LogP contribution in [0.25, 0.3) is 0 Å². The molecule has 1 aromatic rings. The first-order chi connectivity index (χ1) is 12.0. The first-order valence-corrected chi connectivity index (χ1v) is 12.2. The molecule has 25 heavy (non-hydrogen) atoms. The fourth-order valence-electron chi connectivity index (χ4n) is 2.53. The molecule has 1 fully saturated rings. The van der Waals surface area contributed by atoms with E-state index in [9.17, 15) is 8.42 Å². The predicted molar refractivity (Wildman–Crippen MR) is 109 cm³/mol. The number of guanidine groups is 1. The molecular formula is C16H28N4O2S3. The number of hydrogen-bond acceptors (Lipinski definition) is 5. The fraction of sp³-hybridized carbons (Fsp3) is 0.688.